The van der Waals surface area contributed by atoms with Crippen LogP contribution < -0.4 is 0 Å². The lowest BCUT2D eigenvalue weighted by molar-refractivity contribution is 0.605. The SMILES string of the molecule is O=[S+]c1ccc(Sc2ccccc2)cc1. The molecule has 0 aliphatic heterocycles. The first-order chi connectivity index (χ1) is 7.38. The van der Waals surface area contributed by atoms with E-state index in [1.54, 1.807) is 11.8 Å². The average Bonchev–Trinajstić information content (AvgIpc) is 2.31. The van der Waals surface area contributed by atoms with Gasteiger partial charge in [0.1, 0.15) is 0 Å². The van der Waals surface area contributed by atoms with Gasteiger partial charge < -0.3 is 0 Å². The van der Waals surface area contributed by atoms with E-state index in [0.29, 0.717) is 11.7 Å². The molecule has 0 spiro atoms. The molecular weight excluding hydrogens is 224 g/mol. The third kappa shape index (κ3) is 2.88. The minimum Gasteiger partial charge on any atom is -0.0901 e. The van der Waals surface area contributed by atoms with Crippen LogP contribution in [0.5, 0.6) is 0 Å². The molecule has 0 atom stereocenters. The van der Waals surface area contributed by atoms with E-state index in [0.717, 1.165) is 9.79 Å². The Morgan fingerprint density at radius 3 is 2.00 bits per heavy atom. The fraction of sp³-hybridized carbons (Fsp3) is 0. The average molecular weight is 233 g/mol. The van der Waals surface area contributed by atoms with Gasteiger partial charge in [-0.3, -0.25) is 0 Å². The molecule has 2 aromatic rings. The molecule has 2 rings (SSSR count). The zero-order valence-electron chi connectivity index (χ0n) is 7.92. The minimum atomic E-state index is 0.525. The number of rotatable bonds is 3. The summed E-state index contributed by atoms with van der Waals surface area (Å²) >= 11 is 2.22. The molecule has 1 nitrogen and oxygen atoms in total. The summed E-state index contributed by atoms with van der Waals surface area (Å²) in [5.41, 5.74) is 0. The molecule has 0 unspecified atom stereocenters. The Morgan fingerprint density at radius 2 is 1.40 bits per heavy atom. The van der Waals surface area contributed by atoms with Crippen LogP contribution in [0.25, 0.3) is 0 Å². The van der Waals surface area contributed by atoms with Gasteiger partial charge in [-0.1, -0.05) is 30.0 Å². The Hall–Kier alpha value is -1.19. The molecule has 0 aromatic heterocycles. The summed E-state index contributed by atoms with van der Waals surface area (Å²) in [6.07, 6.45) is 0. The molecule has 74 valence electrons. The van der Waals surface area contributed by atoms with Gasteiger partial charge in [-0.15, -0.1) is 0 Å². The highest BCUT2D eigenvalue weighted by molar-refractivity contribution is 7.99. The highest BCUT2D eigenvalue weighted by atomic mass is 32.2. The van der Waals surface area contributed by atoms with Gasteiger partial charge >= 0.3 is 11.7 Å². The Labute approximate surface area is 97.0 Å². The van der Waals surface area contributed by atoms with Crippen molar-refractivity contribution >= 4 is 23.4 Å². The molecule has 0 fully saturated rings. The van der Waals surface area contributed by atoms with Crippen LogP contribution in [0, 0.1) is 0 Å². The molecule has 2 aromatic carbocycles. The highest BCUT2D eigenvalue weighted by Gasteiger charge is 2.05. The van der Waals surface area contributed by atoms with Crippen molar-refractivity contribution in [1.29, 1.82) is 0 Å². The Bertz CT molecular complexity index is 437. The Kier molecular flexibility index (Phi) is 3.48. The summed E-state index contributed by atoms with van der Waals surface area (Å²) in [5, 5.41) is 0. The molecule has 0 saturated carbocycles. The summed E-state index contributed by atoms with van der Waals surface area (Å²) in [5.74, 6) is 0. The standard InChI is InChI=1S/C12H9OS2/c13-15-12-8-6-11(7-9-12)14-10-4-2-1-3-5-10/h1-9H/q+1. The molecule has 0 amide bonds. The second-order valence-corrected chi connectivity index (χ2v) is 4.75. The molecule has 0 bridgehead atoms. The number of hydrogen-bond donors (Lipinski definition) is 0. The molecule has 0 radical (unpaired) electrons. The van der Waals surface area contributed by atoms with Crippen molar-refractivity contribution in [3.05, 3.63) is 54.6 Å². The Morgan fingerprint density at radius 1 is 0.800 bits per heavy atom. The molecular formula is C12H9OS2+. The van der Waals surface area contributed by atoms with Crippen molar-refractivity contribution in [2.45, 2.75) is 14.7 Å². The lowest BCUT2D eigenvalue weighted by Crippen LogP contribution is -1.75. The van der Waals surface area contributed by atoms with E-state index in [2.05, 4.69) is 12.1 Å². The number of hydrogen-bond acceptors (Lipinski definition) is 2. The van der Waals surface area contributed by atoms with E-state index in [4.69, 9.17) is 0 Å². The molecule has 0 aliphatic rings. The van der Waals surface area contributed by atoms with Crippen LogP contribution in [-0.4, -0.2) is 0 Å². The maximum absolute atomic E-state index is 10.5. The first-order valence-electron chi connectivity index (χ1n) is 4.51. The smallest absolute Gasteiger partial charge is 0.0901 e. The van der Waals surface area contributed by atoms with Gasteiger partial charge in [-0.25, -0.2) is 0 Å². The van der Waals surface area contributed by atoms with Crippen molar-refractivity contribution in [2.75, 3.05) is 0 Å². The van der Waals surface area contributed by atoms with Crippen LogP contribution in [0.15, 0.2) is 69.3 Å². The summed E-state index contributed by atoms with van der Waals surface area (Å²) < 4.78 is 10.5. The molecule has 15 heavy (non-hydrogen) atoms. The zero-order valence-corrected chi connectivity index (χ0v) is 9.55. The van der Waals surface area contributed by atoms with Crippen molar-refractivity contribution in [3.8, 4) is 0 Å². The highest BCUT2D eigenvalue weighted by Crippen LogP contribution is 2.27. The largest absolute Gasteiger partial charge is 0.505 e. The van der Waals surface area contributed by atoms with Gasteiger partial charge in [0.05, 0.1) is 0 Å². The maximum atomic E-state index is 10.5. The lowest BCUT2D eigenvalue weighted by atomic mass is 10.4. The normalized spacial score (nSPS) is 9.87. The molecule has 0 aliphatic carbocycles. The summed E-state index contributed by atoms with van der Waals surface area (Å²) in [7, 11) is 0. The molecule has 0 heterocycles. The predicted molar refractivity (Wildman–Crippen MR) is 63.3 cm³/mol. The monoisotopic (exact) mass is 233 g/mol. The summed E-state index contributed by atoms with van der Waals surface area (Å²) in [4.78, 5) is 3.12. The van der Waals surface area contributed by atoms with Crippen molar-refractivity contribution < 1.29 is 4.21 Å². The first-order valence-corrected chi connectivity index (χ1v) is 6.07. The van der Waals surface area contributed by atoms with E-state index in [1.165, 1.54) is 4.90 Å². The first kappa shape index (κ1) is 10.3. The molecule has 0 N–H and O–H groups in total. The second-order valence-electron chi connectivity index (χ2n) is 2.97. The van der Waals surface area contributed by atoms with Gasteiger partial charge in [0.25, 0.3) is 4.90 Å². The van der Waals surface area contributed by atoms with Gasteiger partial charge in [-0.2, -0.15) is 0 Å². The third-order valence-corrected chi connectivity index (χ3v) is 3.38. The summed E-state index contributed by atoms with van der Waals surface area (Å²) in [6.45, 7) is 0. The van der Waals surface area contributed by atoms with E-state index in [9.17, 15) is 4.21 Å². The van der Waals surface area contributed by atoms with Crippen LogP contribution in [0.3, 0.4) is 0 Å². The molecule has 3 heteroatoms. The number of benzene rings is 2. The van der Waals surface area contributed by atoms with E-state index in [1.807, 2.05) is 42.5 Å². The lowest BCUT2D eigenvalue weighted by Gasteiger charge is -1.99. The maximum Gasteiger partial charge on any atom is 0.505 e. The quantitative estimate of drug-likeness (QED) is 0.753. The fourth-order valence-electron chi connectivity index (χ4n) is 1.19. The fourth-order valence-corrected chi connectivity index (χ4v) is 2.27. The predicted octanol–water partition coefficient (Wildman–Crippen LogP) is 3.62. The van der Waals surface area contributed by atoms with Gasteiger partial charge in [-0.05, 0) is 24.3 Å². The zero-order chi connectivity index (χ0) is 10.5. The van der Waals surface area contributed by atoms with Crippen molar-refractivity contribution in [2.24, 2.45) is 0 Å². The van der Waals surface area contributed by atoms with Crippen LogP contribution in [0.2, 0.25) is 0 Å². The van der Waals surface area contributed by atoms with Crippen LogP contribution in [0.1, 0.15) is 0 Å². The van der Waals surface area contributed by atoms with Crippen LogP contribution in [0.4, 0.5) is 0 Å². The van der Waals surface area contributed by atoms with E-state index < -0.39 is 0 Å². The van der Waals surface area contributed by atoms with Gasteiger partial charge in [0, 0.05) is 26.1 Å². The van der Waals surface area contributed by atoms with Crippen LogP contribution in [-0.2, 0) is 15.9 Å². The topological polar surface area (TPSA) is 17.1 Å². The summed E-state index contributed by atoms with van der Waals surface area (Å²) in [6, 6.07) is 17.8. The van der Waals surface area contributed by atoms with Crippen molar-refractivity contribution in [3.63, 3.8) is 0 Å². The minimum absolute atomic E-state index is 0.525. The Balaban J connectivity index is 2.15. The van der Waals surface area contributed by atoms with Gasteiger partial charge in [0.15, 0.2) is 0 Å². The second kappa shape index (κ2) is 5.05. The third-order valence-electron chi connectivity index (χ3n) is 1.90. The van der Waals surface area contributed by atoms with E-state index >= 15 is 0 Å². The van der Waals surface area contributed by atoms with Crippen LogP contribution >= 0.6 is 11.8 Å². The van der Waals surface area contributed by atoms with Crippen molar-refractivity contribution in [1.82, 2.24) is 0 Å². The van der Waals surface area contributed by atoms with Gasteiger partial charge in [0.2, 0.25) is 0 Å². The van der Waals surface area contributed by atoms with E-state index in [-0.39, 0.29) is 0 Å². The molecule has 0 saturated heterocycles.